The van der Waals surface area contributed by atoms with Gasteiger partial charge in [0.2, 0.25) is 5.91 Å². The van der Waals surface area contributed by atoms with Crippen LogP contribution < -0.4 is 0 Å². The number of nitriles is 2. The van der Waals surface area contributed by atoms with Crippen LogP contribution in [0, 0.1) is 34.5 Å². The lowest BCUT2D eigenvalue weighted by Crippen LogP contribution is -2.41. The molecule has 1 rings (SSSR count). The van der Waals surface area contributed by atoms with Crippen LogP contribution in [0.15, 0.2) is 0 Å². The number of carbonyl (C=O) groups is 1. The summed E-state index contributed by atoms with van der Waals surface area (Å²) < 4.78 is 0. The minimum absolute atomic E-state index is 0.0569. The Morgan fingerprint density at radius 1 is 1.57 bits per heavy atom. The molecule has 0 N–H and O–H groups in total. The summed E-state index contributed by atoms with van der Waals surface area (Å²) in [5, 5.41) is 17.3. The van der Waals surface area contributed by atoms with Gasteiger partial charge in [-0.1, -0.05) is 0 Å². The lowest BCUT2D eigenvalue weighted by Gasteiger charge is -2.30. The van der Waals surface area contributed by atoms with Gasteiger partial charge in [-0.25, -0.2) is 0 Å². The summed E-state index contributed by atoms with van der Waals surface area (Å²) in [4.78, 5) is 13.2. The quantitative estimate of drug-likeness (QED) is 0.618. The molecule has 2 atom stereocenters. The van der Waals surface area contributed by atoms with Crippen molar-refractivity contribution in [1.82, 2.24) is 4.90 Å². The maximum atomic E-state index is 11.6. The molecule has 0 spiro atoms. The van der Waals surface area contributed by atoms with Crippen molar-refractivity contribution in [3.63, 3.8) is 0 Å². The highest BCUT2D eigenvalue weighted by atomic mass is 16.2. The number of likely N-dealkylation sites (tertiary alicyclic amines) is 1. The second kappa shape index (κ2) is 4.62. The first-order valence-electron chi connectivity index (χ1n) is 4.77. The average molecular weight is 191 g/mol. The van der Waals surface area contributed by atoms with E-state index >= 15 is 0 Å². The first kappa shape index (κ1) is 10.5. The van der Waals surface area contributed by atoms with Crippen LogP contribution in [-0.4, -0.2) is 23.9 Å². The minimum Gasteiger partial charge on any atom is -0.340 e. The van der Waals surface area contributed by atoms with E-state index < -0.39 is 5.92 Å². The zero-order chi connectivity index (χ0) is 10.6. The Morgan fingerprint density at radius 2 is 2.29 bits per heavy atom. The smallest absolute Gasteiger partial charge is 0.239 e. The fourth-order valence-electron chi connectivity index (χ4n) is 1.61. The van der Waals surface area contributed by atoms with Crippen molar-refractivity contribution in [3.8, 4) is 12.1 Å². The summed E-state index contributed by atoms with van der Waals surface area (Å²) >= 11 is 0. The molecule has 0 aliphatic carbocycles. The van der Waals surface area contributed by atoms with Crippen molar-refractivity contribution in [2.24, 2.45) is 11.8 Å². The molecule has 4 nitrogen and oxygen atoms in total. The average Bonchev–Trinajstić information content (AvgIpc) is 2.27. The van der Waals surface area contributed by atoms with Gasteiger partial charge in [0.05, 0.1) is 18.1 Å². The zero-order valence-electron chi connectivity index (χ0n) is 8.23. The number of hydrogen-bond donors (Lipinski definition) is 0. The molecule has 1 aliphatic heterocycles. The molecular formula is C10H13N3O. The van der Waals surface area contributed by atoms with Gasteiger partial charge < -0.3 is 4.90 Å². The highest BCUT2D eigenvalue weighted by Crippen LogP contribution is 2.17. The topological polar surface area (TPSA) is 67.9 Å². The van der Waals surface area contributed by atoms with Crippen LogP contribution in [0.1, 0.15) is 19.8 Å². The number of rotatable bonds is 1. The molecule has 1 amide bonds. The molecule has 2 unspecified atom stereocenters. The highest BCUT2D eigenvalue weighted by Gasteiger charge is 2.26. The molecule has 0 aromatic rings. The van der Waals surface area contributed by atoms with E-state index in [1.54, 1.807) is 11.8 Å². The molecule has 0 aromatic heterocycles. The van der Waals surface area contributed by atoms with E-state index in [0.717, 1.165) is 12.8 Å². The Morgan fingerprint density at radius 3 is 2.86 bits per heavy atom. The Bertz CT molecular complexity index is 299. The van der Waals surface area contributed by atoms with E-state index in [9.17, 15) is 4.79 Å². The molecule has 1 fully saturated rings. The van der Waals surface area contributed by atoms with E-state index in [2.05, 4.69) is 6.07 Å². The summed E-state index contributed by atoms with van der Waals surface area (Å²) in [7, 11) is 0. The SMILES string of the molecule is CC(C#N)C(=O)N1CCCC(C#N)C1. The second-order valence-electron chi connectivity index (χ2n) is 3.60. The number of hydrogen-bond acceptors (Lipinski definition) is 3. The molecule has 1 saturated heterocycles. The van der Waals surface area contributed by atoms with Gasteiger partial charge >= 0.3 is 0 Å². The lowest BCUT2D eigenvalue weighted by atomic mass is 9.98. The third-order valence-corrected chi connectivity index (χ3v) is 2.48. The van der Waals surface area contributed by atoms with Crippen LogP contribution in [0.25, 0.3) is 0 Å². The first-order chi connectivity index (χ1) is 6.69. The second-order valence-corrected chi connectivity index (χ2v) is 3.60. The maximum Gasteiger partial charge on any atom is 0.239 e. The van der Waals surface area contributed by atoms with Crippen LogP contribution in [0.3, 0.4) is 0 Å². The van der Waals surface area contributed by atoms with Crippen molar-refractivity contribution in [1.29, 1.82) is 10.5 Å². The van der Waals surface area contributed by atoms with E-state index in [-0.39, 0.29) is 11.8 Å². The standard InChI is InChI=1S/C10H13N3O/c1-8(5-11)10(14)13-4-2-3-9(6-12)7-13/h8-9H,2-4,7H2,1H3. The van der Waals surface area contributed by atoms with Crippen LogP contribution in [-0.2, 0) is 4.79 Å². The molecule has 1 heterocycles. The van der Waals surface area contributed by atoms with Crippen LogP contribution in [0.5, 0.6) is 0 Å². The van der Waals surface area contributed by atoms with Gasteiger partial charge in [0, 0.05) is 13.1 Å². The lowest BCUT2D eigenvalue weighted by molar-refractivity contribution is -0.134. The van der Waals surface area contributed by atoms with Crippen LogP contribution >= 0.6 is 0 Å². The third kappa shape index (κ3) is 2.23. The monoisotopic (exact) mass is 191 g/mol. The Kier molecular flexibility index (Phi) is 3.48. The number of nitrogens with zero attached hydrogens (tertiary/aromatic N) is 3. The summed E-state index contributed by atoms with van der Waals surface area (Å²) in [6, 6.07) is 4.09. The van der Waals surface area contributed by atoms with E-state index in [4.69, 9.17) is 10.5 Å². The Hall–Kier alpha value is -1.55. The largest absolute Gasteiger partial charge is 0.340 e. The van der Waals surface area contributed by atoms with Crippen molar-refractivity contribution in [3.05, 3.63) is 0 Å². The molecule has 0 radical (unpaired) electrons. The van der Waals surface area contributed by atoms with E-state index in [1.165, 1.54) is 0 Å². The molecule has 74 valence electrons. The molecule has 0 aromatic carbocycles. The summed E-state index contributed by atoms with van der Waals surface area (Å²) in [5.41, 5.74) is 0. The minimum atomic E-state index is -0.590. The van der Waals surface area contributed by atoms with Crippen LogP contribution in [0.4, 0.5) is 0 Å². The number of piperidine rings is 1. The molecule has 14 heavy (non-hydrogen) atoms. The van der Waals surface area contributed by atoms with Crippen molar-refractivity contribution < 1.29 is 4.79 Å². The normalized spacial score (nSPS) is 23.4. The van der Waals surface area contributed by atoms with Crippen LogP contribution in [0.2, 0.25) is 0 Å². The fraction of sp³-hybridized carbons (Fsp3) is 0.700. The molecule has 4 heteroatoms. The number of amides is 1. The van der Waals surface area contributed by atoms with Gasteiger partial charge in [-0.3, -0.25) is 4.79 Å². The zero-order valence-corrected chi connectivity index (χ0v) is 8.23. The van der Waals surface area contributed by atoms with Gasteiger partial charge in [0.25, 0.3) is 0 Å². The van der Waals surface area contributed by atoms with Gasteiger partial charge in [-0.15, -0.1) is 0 Å². The van der Waals surface area contributed by atoms with E-state index in [1.807, 2.05) is 6.07 Å². The molecule has 1 aliphatic rings. The van der Waals surface area contributed by atoms with E-state index in [0.29, 0.717) is 13.1 Å². The number of carbonyl (C=O) groups excluding carboxylic acids is 1. The van der Waals surface area contributed by atoms with Gasteiger partial charge in [0.15, 0.2) is 0 Å². The van der Waals surface area contributed by atoms with Gasteiger partial charge in [0.1, 0.15) is 5.92 Å². The summed E-state index contributed by atoms with van der Waals surface area (Å²) in [6.07, 6.45) is 1.73. The van der Waals surface area contributed by atoms with Gasteiger partial charge in [-0.05, 0) is 19.8 Å². The summed E-state index contributed by atoms with van der Waals surface area (Å²) in [5.74, 6) is -0.793. The maximum absolute atomic E-state index is 11.6. The predicted octanol–water partition coefficient (Wildman–Crippen LogP) is 0.908. The van der Waals surface area contributed by atoms with Gasteiger partial charge in [-0.2, -0.15) is 10.5 Å². The Balaban J connectivity index is 2.58. The fourth-order valence-corrected chi connectivity index (χ4v) is 1.61. The third-order valence-electron chi connectivity index (χ3n) is 2.48. The van der Waals surface area contributed by atoms with Crippen molar-refractivity contribution >= 4 is 5.91 Å². The molecule has 0 saturated carbocycles. The Labute approximate surface area is 83.7 Å². The molecular weight excluding hydrogens is 178 g/mol. The first-order valence-corrected chi connectivity index (χ1v) is 4.77. The molecule has 0 bridgehead atoms. The predicted molar refractivity (Wildman–Crippen MR) is 49.7 cm³/mol. The van der Waals surface area contributed by atoms with Crippen molar-refractivity contribution in [2.75, 3.05) is 13.1 Å². The van der Waals surface area contributed by atoms with Crippen molar-refractivity contribution in [2.45, 2.75) is 19.8 Å². The highest BCUT2D eigenvalue weighted by molar-refractivity contribution is 5.80. The summed E-state index contributed by atoms with van der Waals surface area (Å²) in [6.45, 7) is 2.77.